The van der Waals surface area contributed by atoms with E-state index in [9.17, 15) is 9.59 Å². The van der Waals surface area contributed by atoms with Crippen LogP contribution >= 0.6 is 15.9 Å². The van der Waals surface area contributed by atoms with Crippen molar-refractivity contribution in [3.63, 3.8) is 0 Å². The first-order chi connectivity index (χ1) is 20.5. The Morgan fingerprint density at radius 1 is 0.860 bits per heavy atom. The van der Waals surface area contributed by atoms with Crippen LogP contribution in [0.25, 0.3) is 0 Å². The van der Waals surface area contributed by atoms with Crippen molar-refractivity contribution >= 4 is 33.8 Å². The minimum atomic E-state index is -0.556. The Kier molecular flexibility index (Phi) is 10.7. The molecule has 43 heavy (non-hydrogen) atoms. The van der Waals surface area contributed by atoms with Crippen LogP contribution in [-0.2, 0) is 11.3 Å². The highest BCUT2D eigenvalue weighted by Gasteiger charge is 2.26. The van der Waals surface area contributed by atoms with Crippen LogP contribution in [0.4, 0.5) is 4.79 Å². The number of amides is 2. The molecule has 0 saturated heterocycles. The quantitative estimate of drug-likeness (QED) is 0.0984. The molecule has 0 unspecified atom stereocenters. The van der Waals surface area contributed by atoms with Gasteiger partial charge in [-0.15, -0.1) is 0 Å². The number of hydrogen-bond acceptors (Lipinski definition) is 7. The largest absolute Gasteiger partial charge is 0.489 e. The Labute approximate surface area is 259 Å². The van der Waals surface area contributed by atoms with Crippen molar-refractivity contribution in [2.24, 2.45) is 0 Å². The van der Waals surface area contributed by atoms with E-state index in [0.717, 1.165) is 35.7 Å². The minimum absolute atomic E-state index is 0.00150. The summed E-state index contributed by atoms with van der Waals surface area (Å²) in [5.41, 5.74) is 3.10. The number of ether oxygens (including phenoxy) is 3. The van der Waals surface area contributed by atoms with Gasteiger partial charge in [0.15, 0.2) is 0 Å². The van der Waals surface area contributed by atoms with Gasteiger partial charge in [0.05, 0.1) is 0 Å². The predicted octanol–water partition coefficient (Wildman–Crippen LogP) is 6.69. The average Bonchev–Trinajstić information content (AvgIpc) is 2.97. The van der Waals surface area contributed by atoms with Gasteiger partial charge in [0.2, 0.25) is 0 Å². The third-order valence-corrected chi connectivity index (χ3v) is 7.26. The smallest absolute Gasteiger partial charge is 0.407 e. The van der Waals surface area contributed by atoms with Crippen LogP contribution in [0.2, 0.25) is 0 Å². The van der Waals surface area contributed by atoms with E-state index in [0.29, 0.717) is 35.0 Å². The molecule has 0 radical (unpaired) electrons. The van der Waals surface area contributed by atoms with Gasteiger partial charge in [0.25, 0.3) is 5.91 Å². The van der Waals surface area contributed by atoms with Crippen LogP contribution < -0.4 is 25.6 Å². The summed E-state index contributed by atoms with van der Waals surface area (Å²) in [5, 5.41) is 22.7. The molecular formula is C32H37BrN4O6. The molecule has 10 nitrogen and oxygen atoms in total. The molecule has 3 aromatic rings. The van der Waals surface area contributed by atoms with Gasteiger partial charge in [0, 0.05) is 33.7 Å². The molecule has 1 saturated carbocycles. The lowest BCUT2D eigenvalue weighted by Gasteiger charge is -2.30. The standard InChI is InChI=1S/C32H37BrN4O6/c1-32(2,3)43-31(39)36-25-12-10-24(11-13-25)35-30(38)22-16-27(41-19-20-4-8-23(33)9-5-20)18-28(17-22)42-26-14-6-21(7-15-26)29(34)37-40/h4-9,14-18,24-25,40H,10-13,19H2,1-3H3,(H2,34,37)(H,35,38)(H,36,39). The van der Waals surface area contributed by atoms with Gasteiger partial charge in [-0.1, -0.05) is 28.1 Å². The molecule has 0 atom stereocenters. The highest BCUT2D eigenvalue weighted by Crippen LogP contribution is 2.29. The van der Waals surface area contributed by atoms with Gasteiger partial charge in [-0.2, -0.15) is 0 Å². The molecule has 2 amide bonds. The fraction of sp³-hybridized carbons (Fsp3) is 0.344. The van der Waals surface area contributed by atoms with Crippen LogP contribution in [0.3, 0.4) is 0 Å². The number of rotatable bonds is 9. The number of carbonyl (C=O) groups is 2. The van der Waals surface area contributed by atoms with E-state index in [1.165, 1.54) is 0 Å². The van der Waals surface area contributed by atoms with Crippen molar-refractivity contribution in [3.8, 4) is 17.2 Å². The number of hydrogen-bond donors (Lipinski definition) is 5. The first-order valence-electron chi connectivity index (χ1n) is 14.1. The van der Waals surface area contributed by atoms with Crippen LogP contribution in [0, 0.1) is 5.41 Å². The summed E-state index contributed by atoms with van der Waals surface area (Å²) >= 11 is 3.44. The Balaban J connectivity index is 1.43. The zero-order chi connectivity index (χ0) is 31.0. The van der Waals surface area contributed by atoms with E-state index >= 15 is 0 Å². The van der Waals surface area contributed by atoms with E-state index < -0.39 is 11.7 Å². The predicted molar refractivity (Wildman–Crippen MR) is 166 cm³/mol. The van der Waals surface area contributed by atoms with Gasteiger partial charge in [-0.3, -0.25) is 20.9 Å². The van der Waals surface area contributed by atoms with Gasteiger partial charge < -0.3 is 24.8 Å². The summed E-state index contributed by atoms with van der Waals surface area (Å²) in [4.78, 5) is 25.5. The van der Waals surface area contributed by atoms with E-state index in [1.807, 2.05) is 50.5 Å². The second-order valence-electron chi connectivity index (χ2n) is 11.4. The molecule has 1 aliphatic carbocycles. The molecule has 11 heteroatoms. The molecule has 4 rings (SSSR count). The van der Waals surface area contributed by atoms with Crippen LogP contribution in [0.1, 0.15) is 67.9 Å². The summed E-state index contributed by atoms with van der Waals surface area (Å²) in [5.74, 6) is 0.982. The molecule has 0 spiro atoms. The number of hydroxylamine groups is 1. The first kappa shape index (κ1) is 31.8. The molecule has 5 N–H and O–H groups in total. The maximum absolute atomic E-state index is 13.4. The third-order valence-electron chi connectivity index (χ3n) is 6.73. The van der Waals surface area contributed by atoms with Crippen LogP contribution in [-0.4, -0.2) is 40.7 Å². The zero-order valence-electron chi connectivity index (χ0n) is 24.4. The highest BCUT2D eigenvalue weighted by molar-refractivity contribution is 9.10. The third kappa shape index (κ3) is 10.0. The molecule has 3 aromatic carbocycles. The molecule has 0 aromatic heterocycles. The average molecular weight is 654 g/mol. The number of benzene rings is 3. The summed E-state index contributed by atoms with van der Waals surface area (Å²) < 4.78 is 18.4. The number of nitrogens with one attached hydrogen (secondary N) is 4. The lowest BCUT2D eigenvalue weighted by atomic mass is 9.91. The monoisotopic (exact) mass is 652 g/mol. The van der Waals surface area contributed by atoms with Gasteiger partial charge >= 0.3 is 6.09 Å². The first-order valence-corrected chi connectivity index (χ1v) is 14.9. The van der Waals surface area contributed by atoms with Crippen molar-refractivity contribution in [1.82, 2.24) is 16.1 Å². The fourth-order valence-electron chi connectivity index (χ4n) is 4.61. The number of halogens is 1. The molecule has 0 aliphatic heterocycles. The lowest BCUT2D eigenvalue weighted by Crippen LogP contribution is -2.45. The summed E-state index contributed by atoms with van der Waals surface area (Å²) in [7, 11) is 0. The van der Waals surface area contributed by atoms with Crippen molar-refractivity contribution in [2.75, 3.05) is 0 Å². The van der Waals surface area contributed by atoms with E-state index in [2.05, 4.69) is 26.6 Å². The Morgan fingerprint density at radius 3 is 2.07 bits per heavy atom. The molecule has 1 aliphatic rings. The van der Waals surface area contributed by atoms with Crippen molar-refractivity contribution in [2.45, 2.75) is 70.7 Å². The molecule has 228 valence electrons. The van der Waals surface area contributed by atoms with Crippen LogP contribution in [0.5, 0.6) is 17.2 Å². The second-order valence-corrected chi connectivity index (χ2v) is 12.3. The summed E-state index contributed by atoms with van der Waals surface area (Å²) in [6, 6.07) is 19.4. The van der Waals surface area contributed by atoms with Crippen molar-refractivity contribution in [1.29, 1.82) is 5.41 Å². The normalized spacial score (nSPS) is 16.5. The lowest BCUT2D eigenvalue weighted by molar-refractivity contribution is 0.0488. The Hall–Kier alpha value is -4.09. The van der Waals surface area contributed by atoms with Crippen LogP contribution in [0.15, 0.2) is 71.2 Å². The minimum Gasteiger partial charge on any atom is -0.489 e. The topological polar surface area (TPSA) is 142 Å². The number of amidine groups is 1. The Bertz CT molecular complexity index is 1420. The maximum Gasteiger partial charge on any atom is 0.407 e. The second kappa shape index (κ2) is 14.4. The summed E-state index contributed by atoms with van der Waals surface area (Å²) in [6.07, 6.45) is 2.48. The van der Waals surface area contributed by atoms with Gasteiger partial charge in [-0.25, -0.2) is 4.79 Å². The number of alkyl carbamates (subject to hydrolysis) is 1. The summed E-state index contributed by atoms with van der Waals surface area (Å²) in [6.45, 7) is 5.79. The van der Waals surface area contributed by atoms with Crippen molar-refractivity contribution < 1.29 is 29.0 Å². The van der Waals surface area contributed by atoms with Gasteiger partial charge in [0.1, 0.15) is 35.3 Å². The molecule has 0 bridgehead atoms. The van der Waals surface area contributed by atoms with E-state index in [4.69, 9.17) is 24.8 Å². The highest BCUT2D eigenvalue weighted by atomic mass is 79.9. The zero-order valence-corrected chi connectivity index (χ0v) is 26.0. The van der Waals surface area contributed by atoms with E-state index in [1.54, 1.807) is 42.5 Å². The maximum atomic E-state index is 13.4. The molecular weight excluding hydrogens is 616 g/mol. The number of carbonyl (C=O) groups excluding carboxylic acids is 2. The molecule has 0 heterocycles. The van der Waals surface area contributed by atoms with Gasteiger partial charge in [-0.05, 0) is 101 Å². The Morgan fingerprint density at radius 2 is 1.47 bits per heavy atom. The van der Waals surface area contributed by atoms with E-state index in [-0.39, 0.29) is 23.8 Å². The molecule has 1 fully saturated rings. The SMILES string of the molecule is CC(C)(C)OC(=O)NC1CCC(NC(=O)c2cc(OCc3ccc(Br)cc3)cc(Oc3ccc(C(=N)NO)cc3)c2)CC1. The fourth-order valence-corrected chi connectivity index (χ4v) is 4.87. The van der Waals surface area contributed by atoms with Crippen molar-refractivity contribution in [3.05, 3.63) is 87.9 Å².